The van der Waals surface area contributed by atoms with Crippen LogP contribution in [0.2, 0.25) is 0 Å². The van der Waals surface area contributed by atoms with E-state index in [4.69, 9.17) is 12.2 Å². The number of nitrogens with zero attached hydrogens (tertiary/aromatic N) is 3. The summed E-state index contributed by atoms with van der Waals surface area (Å²) in [5.74, 6) is 0.271. The van der Waals surface area contributed by atoms with Crippen LogP contribution in [0.1, 0.15) is 5.56 Å². The van der Waals surface area contributed by atoms with Gasteiger partial charge in [-0.05, 0) is 43.4 Å². The Morgan fingerprint density at radius 1 is 1.04 bits per heavy atom. The van der Waals surface area contributed by atoms with Crippen molar-refractivity contribution < 1.29 is 4.39 Å². The Balaban J connectivity index is 1.97. The minimum atomic E-state index is -0.284. The molecule has 6 heteroatoms. The summed E-state index contributed by atoms with van der Waals surface area (Å²) in [6.07, 6.45) is 0. The molecule has 0 radical (unpaired) electrons. The maximum Gasteiger partial charge on any atom is 0.200 e. The van der Waals surface area contributed by atoms with Crippen LogP contribution in [0.5, 0.6) is 0 Å². The quantitative estimate of drug-likeness (QED) is 0.545. The van der Waals surface area contributed by atoms with Crippen LogP contribution in [0.4, 0.5) is 4.39 Å². The van der Waals surface area contributed by atoms with E-state index in [1.165, 1.54) is 6.07 Å². The molecule has 118 valence electrons. The molecule has 24 heavy (non-hydrogen) atoms. The zero-order valence-corrected chi connectivity index (χ0v) is 13.6. The number of hydrogen-bond acceptors (Lipinski definition) is 3. The van der Waals surface area contributed by atoms with E-state index in [0.717, 1.165) is 10.9 Å². The summed E-state index contributed by atoms with van der Waals surface area (Å²) in [6.45, 7) is 1.72. The number of aromatic amines is 1. The van der Waals surface area contributed by atoms with Crippen molar-refractivity contribution in [3.63, 3.8) is 0 Å². The lowest BCUT2D eigenvalue weighted by molar-refractivity contribution is 0.617. The monoisotopic (exact) mass is 336 g/mol. The third kappa shape index (κ3) is 2.32. The number of fused-ring (bicyclic) bond motifs is 1. The normalized spacial score (nSPS) is 11.1. The first-order chi connectivity index (χ1) is 11.6. The van der Waals surface area contributed by atoms with Gasteiger partial charge in [-0.25, -0.2) is 9.37 Å². The van der Waals surface area contributed by atoms with Gasteiger partial charge in [0.1, 0.15) is 11.5 Å². The van der Waals surface area contributed by atoms with E-state index in [9.17, 15) is 4.39 Å². The van der Waals surface area contributed by atoms with Crippen LogP contribution in [0.15, 0.2) is 54.6 Å². The number of benzene rings is 2. The molecule has 0 spiro atoms. The van der Waals surface area contributed by atoms with Gasteiger partial charge < -0.3 is 0 Å². The van der Waals surface area contributed by atoms with Gasteiger partial charge in [-0.2, -0.15) is 5.10 Å². The lowest BCUT2D eigenvalue weighted by atomic mass is 10.1. The second kappa shape index (κ2) is 5.65. The molecule has 0 fully saturated rings. The van der Waals surface area contributed by atoms with Gasteiger partial charge in [0.15, 0.2) is 10.6 Å². The van der Waals surface area contributed by atoms with E-state index in [2.05, 4.69) is 15.2 Å². The standard InChI is InChI=1S/C18H13FN4S/c1-11-13(19)6-4-8-16(11)23-17(21-22-18(23)24)15-10-9-12-5-2-3-7-14(12)20-15/h2-10H,1H3,(H,22,24). The van der Waals surface area contributed by atoms with E-state index >= 15 is 0 Å². The molecule has 2 aromatic carbocycles. The summed E-state index contributed by atoms with van der Waals surface area (Å²) in [6, 6.07) is 16.6. The van der Waals surface area contributed by atoms with Gasteiger partial charge in [-0.3, -0.25) is 9.67 Å². The van der Waals surface area contributed by atoms with Crippen molar-refractivity contribution >= 4 is 23.1 Å². The van der Waals surface area contributed by atoms with Gasteiger partial charge >= 0.3 is 0 Å². The number of para-hydroxylation sites is 1. The van der Waals surface area contributed by atoms with Crippen LogP contribution in [0.3, 0.4) is 0 Å². The van der Waals surface area contributed by atoms with Gasteiger partial charge in [-0.15, -0.1) is 0 Å². The first-order valence-electron chi connectivity index (χ1n) is 7.44. The molecular formula is C18H13FN4S. The Hall–Kier alpha value is -2.86. The molecule has 0 amide bonds. The molecule has 0 aliphatic carbocycles. The number of pyridine rings is 1. The van der Waals surface area contributed by atoms with Crippen molar-refractivity contribution in [2.24, 2.45) is 0 Å². The van der Waals surface area contributed by atoms with Gasteiger partial charge in [-0.1, -0.05) is 30.3 Å². The molecule has 2 aromatic heterocycles. The molecule has 0 unspecified atom stereocenters. The fourth-order valence-corrected chi connectivity index (χ4v) is 2.95. The van der Waals surface area contributed by atoms with Crippen LogP contribution < -0.4 is 0 Å². The number of nitrogens with one attached hydrogen (secondary N) is 1. The number of hydrogen-bond donors (Lipinski definition) is 1. The molecule has 0 saturated carbocycles. The van der Waals surface area contributed by atoms with Crippen molar-refractivity contribution in [3.05, 3.63) is 70.7 Å². The Morgan fingerprint density at radius 3 is 2.75 bits per heavy atom. The fourth-order valence-electron chi connectivity index (χ4n) is 2.72. The minimum Gasteiger partial charge on any atom is -0.266 e. The molecule has 1 N–H and O–H groups in total. The predicted octanol–water partition coefficient (Wildman–Crippen LogP) is 4.59. The molecule has 4 aromatic rings. The lowest BCUT2D eigenvalue weighted by Gasteiger charge is -2.10. The summed E-state index contributed by atoms with van der Waals surface area (Å²) in [5.41, 5.74) is 2.70. The van der Waals surface area contributed by atoms with Crippen LogP contribution in [-0.4, -0.2) is 19.7 Å². The molecule has 0 aliphatic rings. The highest BCUT2D eigenvalue weighted by atomic mass is 32.1. The molecule has 2 heterocycles. The maximum absolute atomic E-state index is 14.0. The SMILES string of the molecule is Cc1c(F)cccc1-n1c(-c2ccc3ccccc3n2)n[nH]c1=S. The highest BCUT2D eigenvalue weighted by Crippen LogP contribution is 2.25. The second-order valence-corrected chi connectivity index (χ2v) is 5.85. The largest absolute Gasteiger partial charge is 0.266 e. The highest BCUT2D eigenvalue weighted by molar-refractivity contribution is 7.71. The van der Waals surface area contributed by atoms with Crippen LogP contribution >= 0.6 is 12.2 Å². The lowest BCUT2D eigenvalue weighted by Crippen LogP contribution is -2.02. The van der Waals surface area contributed by atoms with E-state index in [-0.39, 0.29) is 5.82 Å². The van der Waals surface area contributed by atoms with E-state index in [0.29, 0.717) is 27.5 Å². The number of rotatable bonds is 2. The number of halogens is 1. The summed E-state index contributed by atoms with van der Waals surface area (Å²) >= 11 is 5.35. The van der Waals surface area contributed by atoms with Gasteiger partial charge in [0.05, 0.1) is 11.2 Å². The number of H-pyrrole nitrogens is 1. The maximum atomic E-state index is 14.0. The Bertz CT molecular complexity index is 1110. The van der Waals surface area contributed by atoms with Crippen molar-refractivity contribution in [3.8, 4) is 17.2 Å². The van der Waals surface area contributed by atoms with E-state index < -0.39 is 0 Å². The van der Waals surface area contributed by atoms with Crippen molar-refractivity contribution in [1.82, 2.24) is 19.7 Å². The Morgan fingerprint density at radius 2 is 1.88 bits per heavy atom. The highest BCUT2D eigenvalue weighted by Gasteiger charge is 2.15. The Kier molecular flexibility index (Phi) is 3.46. The van der Waals surface area contributed by atoms with Crippen LogP contribution in [0.25, 0.3) is 28.1 Å². The molecular weight excluding hydrogens is 323 g/mol. The van der Waals surface area contributed by atoms with Crippen molar-refractivity contribution in [1.29, 1.82) is 0 Å². The second-order valence-electron chi connectivity index (χ2n) is 5.46. The van der Waals surface area contributed by atoms with Crippen molar-refractivity contribution in [2.75, 3.05) is 0 Å². The first kappa shape index (κ1) is 14.7. The summed E-state index contributed by atoms with van der Waals surface area (Å²) in [4.78, 5) is 4.65. The van der Waals surface area contributed by atoms with E-state index in [1.807, 2.05) is 42.5 Å². The third-order valence-corrected chi connectivity index (χ3v) is 4.25. The molecule has 4 rings (SSSR count). The molecule has 0 aliphatic heterocycles. The Labute approximate surface area is 142 Å². The van der Waals surface area contributed by atoms with Gasteiger partial charge in [0.2, 0.25) is 0 Å². The minimum absolute atomic E-state index is 0.284. The topological polar surface area (TPSA) is 46.5 Å². The van der Waals surface area contributed by atoms with E-state index in [1.54, 1.807) is 17.6 Å². The molecule has 0 atom stereocenters. The molecule has 0 bridgehead atoms. The predicted molar refractivity (Wildman–Crippen MR) is 94.2 cm³/mol. The zero-order chi connectivity index (χ0) is 16.7. The summed E-state index contributed by atoms with van der Waals surface area (Å²) < 4.78 is 16.1. The zero-order valence-electron chi connectivity index (χ0n) is 12.8. The van der Waals surface area contributed by atoms with Crippen LogP contribution in [-0.2, 0) is 0 Å². The van der Waals surface area contributed by atoms with Crippen LogP contribution in [0, 0.1) is 17.5 Å². The average Bonchev–Trinajstić information content (AvgIpc) is 2.98. The van der Waals surface area contributed by atoms with Gasteiger partial charge in [0, 0.05) is 10.9 Å². The average molecular weight is 336 g/mol. The fraction of sp³-hybridized carbons (Fsp3) is 0.0556. The summed E-state index contributed by atoms with van der Waals surface area (Å²) in [7, 11) is 0. The molecule has 0 saturated heterocycles. The number of aromatic nitrogens is 4. The first-order valence-corrected chi connectivity index (χ1v) is 7.85. The third-order valence-electron chi connectivity index (χ3n) is 3.98. The molecule has 4 nitrogen and oxygen atoms in total. The summed E-state index contributed by atoms with van der Waals surface area (Å²) in [5, 5.41) is 8.13. The smallest absolute Gasteiger partial charge is 0.200 e. The van der Waals surface area contributed by atoms with Gasteiger partial charge in [0.25, 0.3) is 0 Å². The van der Waals surface area contributed by atoms with Crippen molar-refractivity contribution in [2.45, 2.75) is 6.92 Å².